The maximum absolute atomic E-state index is 12.9. The number of sulfonamides is 1. The van der Waals surface area contributed by atoms with Crippen LogP contribution >= 0.6 is 0 Å². The van der Waals surface area contributed by atoms with Crippen molar-refractivity contribution in [2.45, 2.75) is 44.7 Å². The van der Waals surface area contributed by atoms with Crippen molar-refractivity contribution in [2.24, 2.45) is 0 Å². The number of carboxylic acid groups (broad SMARTS) is 1. The van der Waals surface area contributed by atoms with Crippen LogP contribution in [0.15, 0.2) is 48.5 Å². The molecule has 12 heteroatoms. The Bertz CT molecular complexity index is 1070. The molecule has 0 spiro atoms. The fourth-order valence-electron chi connectivity index (χ4n) is 3.36. The molecule has 36 heavy (non-hydrogen) atoms. The first-order chi connectivity index (χ1) is 16.8. The van der Waals surface area contributed by atoms with Crippen LogP contribution in [0.1, 0.15) is 32.3 Å². The second kappa shape index (κ2) is 12.8. The third-order valence-corrected chi connectivity index (χ3v) is 7.55. The lowest BCUT2D eigenvalue weighted by Crippen LogP contribution is -2.36. The van der Waals surface area contributed by atoms with Crippen molar-refractivity contribution in [3.05, 3.63) is 54.1 Å². The third-order valence-electron chi connectivity index (χ3n) is 5.41. The number of phenolic OH excluding ortho intramolecular Hbond substituents is 1. The molecule has 0 atom stereocenters. The number of ether oxygens (including phenoxy) is 1. The molecule has 1 aliphatic heterocycles. The number of benzene rings is 2. The Kier molecular flexibility index (Phi) is 10.4. The monoisotopic (exact) mass is 532 g/mol. The lowest BCUT2D eigenvalue weighted by Gasteiger charge is -2.27. The predicted molar refractivity (Wildman–Crippen MR) is 130 cm³/mol. The van der Waals surface area contributed by atoms with E-state index in [9.17, 15) is 26.7 Å². The van der Waals surface area contributed by atoms with Gasteiger partial charge in [0.15, 0.2) is 0 Å². The maximum Gasteiger partial charge on any atom is 0.490 e. The topological polar surface area (TPSA) is 107 Å². The molecule has 0 bridgehead atoms. The van der Waals surface area contributed by atoms with Gasteiger partial charge < -0.3 is 14.9 Å². The number of anilines is 1. The number of carbonyl (C=O) groups is 1. The number of halogens is 3. The molecule has 1 aliphatic rings. The van der Waals surface area contributed by atoms with E-state index in [1.54, 1.807) is 50.2 Å². The van der Waals surface area contributed by atoms with E-state index in [1.807, 2.05) is 12.1 Å². The SMILES string of the molecule is CC(C)S(=O)(=O)N(Cc1ccc(O)cc1)c1ccc(OCCN2CCCC2)cc1.O=C(O)C(F)(F)F. The van der Waals surface area contributed by atoms with E-state index >= 15 is 0 Å². The summed E-state index contributed by atoms with van der Waals surface area (Å²) in [7, 11) is -3.52. The minimum atomic E-state index is -5.08. The number of rotatable bonds is 9. The first kappa shape index (κ1) is 29.2. The number of hydrogen-bond acceptors (Lipinski definition) is 6. The van der Waals surface area contributed by atoms with Crippen molar-refractivity contribution in [3.63, 3.8) is 0 Å². The molecule has 8 nitrogen and oxygen atoms in total. The number of nitrogens with zero attached hydrogens (tertiary/aromatic N) is 2. The molecule has 0 aliphatic carbocycles. The number of alkyl halides is 3. The van der Waals surface area contributed by atoms with Gasteiger partial charge in [0.1, 0.15) is 18.1 Å². The summed E-state index contributed by atoms with van der Waals surface area (Å²) in [4.78, 5) is 11.3. The van der Waals surface area contributed by atoms with Gasteiger partial charge in [-0.3, -0.25) is 9.21 Å². The van der Waals surface area contributed by atoms with E-state index in [1.165, 1.54) is 17.1 Å². The van der Waals surface area contributed by atoms with E-state index < -0.39 is 27.4 Å². The third kappa shape index (κ3) is 8.90. The van der Waals surface area contributed by atoms with E-state index in [0.717, 1.165) is 30.9 Å². The van der Waals surface area contributed by atoms with Gasteiger partial charge in [-0.1, -0.05) is 12.1 Å². The van der Waals surface area contributed by atoms with Crippen molar-refractivity contribution in [1.82, 2.24) is 4.90 Å². The standard InChI is InChI=1S/C22H30N2O4S.C2HF3O2/c1-18(2)29(26,27)24(17-19-5-9-21(25)10-6-19)20-7-11-22(12-8-20)28-16-15-23-13-3-4-14-23;3-2(4,5)1(6)7/h5-12,18,25H,3-4,13-17H2,1-2H3;(H,6,7). The van der Waals surface area contributed by atoms with Gasteiger partial charge in [-0.2, -0.15) is 13.2 Å². The lowest BCUT2D eigenvalue weighted by atomic mass is 10.2. The van der Waals surface area contributed by atoms with Crippen LogP contribution in [0.3, 0.4) is 0 Å². The van der Waals surface area contributed by atoms with Crippen LogP contribution in [-0.4, -0.2) is 67.2 Å². The molecule has 2 aromatic rings. The van der Waals surface area contributed by atoms with Gasteiger partial charge in [0.25, 0.3) is 0 Å². The summed E-state index contributed by atoms with van der Waals surface area (Å²) in [5.74, 6) is -1.87. The Morgan fingerprint density at radius 2 is 1.58 bits per heavy atom. The van der Waals surface area contributed by atoms with E-state index in [0.29, 0.717) is 12.3 Å². The minimum absolute atomic E-state index is 0.155. The van der Waals surface area contributed by atoms with Gasteiger partial charge in [-0.25, -0.2) is 13.2 Å². The molecular weight excluding hydrogens is 501 g/mol. The summed E-state index contributed by atoms with van der Waals surface area (Å²) in [5, 5.41) is 16.1. The van der Waals surface area contributed by atoms with Gasteiger partial charge in [-0.15, -0.1) is 0 Å². The number of aromatic hydroxyl groups is 1. The summed E-state index contributed by atoms with van der Waals surface area (Å²) in [6, 6.07) is 13.8. The highest BCUT2D eigenvalue weighted by atomic mass is 32.2. The van der Waals surface area contributed by atoms with Gasteiger partial charge in [0, 0.05) is 6.54 Å². The molecule has 200 valence electrons. The van der Waals surface area contributed by atoms with E-state index in [2.05, 4.69) is 4.90 Å². The second-order valence-corrected chi connectivity index (χ2v) is 10.9. The Morgan fingerprint density at radius 1 is 1.06 bits per heavy atom. The van der Waals surface area contributed by atoms with Crippen LogP contribution in [0.25, 0.3) is 0 Å². The molecule has 1 fully saturated rings. The van der Waals surface area contributed by atoms with Crippen LogP contribution in [-0.2, 0) is 21.4 Å². The highest BCUT2D eigenvalue weighted by molar-refractivity contribution is 7.93. The van der Waals surface area contributed by atoms with Gasteiger partial charge >= 0.3 is 12.1 Å². The number of hydrogen-bond donors (Lipinski definition) is 2. The van der Waals surface area contributed by atoms with Crippen LogP contribution in [0, 0.1) is 0 Å². The maximum atomic E-state index is 12.9. The molecule has 3 rings (SSSR count). The van der Waals surface area contributed by atoms with Crippen molar-refractivity contribution in [2.75, 3.05) is 30.5 Å². The van der Waals surface area contributed by atoms with Crippen molar-refractivity contribution < 1.29 is 41.3 Å². The molecule has 0 aromatic heterocycles. The Balaban J connectivity index is 0.000000572. The van der Waals surface area contributed by atoms with Crippen molar-refractivity contribution >= 4 is 21.7 Å². The zero-order valence-corrected chi connectivity index (χ0v) is 20.9. The van der Waals surface area contributed by atoms with Gasteiger partial charge in [-0.05, 0) is 81.7 Å². The van der Waals surface area contributed by atoms with Gasteiger partial charge in [0.2, 0.25) is 10.0 Å². The van der Waals surface area contributed by atoms with Crippen molar-refractivity contribution in [1.29, 1.82) is 0 Å². The number of aliphatic carboxylic acids is 1. The zero-order valence-electron chi connectivity index (χ0n) is 20.1. The molecule has 2 N–H and O–H groups in total. The number of likely N-dealkylation sites (tertiary alicyclic amines) is 1. The molecule has 0 saturated carbocycles. The summed E-state index contributed by atoms with van der Waals surface area (Å²) in [6.45, 7) is 7.38. The minimum Gasteiger partial charge on any atom is -0.508 e. The smallest absolute Gasteiger partial charge is 0.490 e. The summed E-state index contributed by atoms with van der Waals surface area (Å²) in [6.07, 6.45) is -2.56. The van der Waals surface area contributed by atoms with Crippen molar-refractivity contribution in [3.8, 4) is 11.5 Å². The quantitative estimate of drug-likeness (QED) is 0.497. The van der Waals surface area contributed by atoms with E-state index in [-0.39, 0.29) is 12.3 Å². The molecule has 0 radical (unpaired) electrons. The first-order valence-corrected chi connectivity index (χ1v) is 12.9. The molecule has 1 saturated heterocycles. The van der Waals surface area contributed by atoms with Crippen LogP contribution in [0.4, 0.5) is 18.9 Å². The van der Waals surface area contributed by atoms with Gasteiger partial charge in [0.05, 0.1) is 17.5 Å². The Hall–Kier alpha value is -2.99. The molecular formula is C24H31F3N2O6S. The van der Waals surface area contributed by atoms with Crippen LogP contribution in [0.5, 0.6) is 11.5 Å². The lowest BCUT2D eigenvalue weighted by molar-refractivity contribution is -0.192. The first-order valence-electron chi connectivity index (χ1n) is 11.4. The molecule has 0 amide bonds. The predicted octanol–water partition coefficient (Wildman–Crippen LogP) is 4.24. The fraction of sp³-hybridized carbons (Fsp3) is 0.458. The van der Waals surface area contributed by atoms with E-state index in [4.69, 9.17) is 14.6 Å². The highest BCUT2D eigenvalue weighted by Crippen LogP contribution is 2.26. The normalized spacial score (nSPS) is 14.3. The Morgan fingerprint density at radius 3 is 2.06 bits per heavy atom. The summed E-state index contributed by atoms with van der Waals surface area (Å²) in [5.41, 5.74) is 1.40. The fourth-order valence-corrected chi connectivity index (χ4v) is 4.61. The van der Waals surface area contributed by atoms with Crippen LogP contribution < -0.4 is 9.04 Å². The second-order valence-electron chi connectivity index (χ2n) is 8.46. The zero-order chi connectivity index (χ0) is 26.9. The number of carboxylic acids is 1. The Labute approximate surface area is 209 Å². The largest absolute Gasteiger partial charge is 0.508 e. The highest BCUT2D eigenvalue weighted by Gasteiger charge is 2.38. The summed E-state index contributed by atoms with van der Waals surface area (Å²) >= 11 is 0. The molecule has 2 aromatic carbocycles. The average Bonchev–Trinajstić information content (AvgIpc) is 3.32. The number of phenols is 1. The summed E-state index contributed by atoms with van der Waals surface area (Å²) < 4.78 is 64.9. The average molecular weight is 533 g/mol. The molecule has 1 heterocycles. The molecule has 0 unspecified atom stereocenters. The van der Waals surface area contributed by atoms with Crippen LogP contribution in [0.2, 0.25) is 0 Å².